The number of anilines is 3. The summed E-state index contributed by atoms with van der Waals surface area (Å²) in [5, 5.41) is 3.48. The van der Waals surface area contributed by atoms with Gasteiger partial charge in [0.2, 0.25) is 5.91 Å². The van der Waals surface area contributed by atoms with E-state index in [-0.39, 0.29) is 29.7 Å². The van der Waals surface area contributed by atoms with E-state index in [1.54, 1.807) is 18.0 Å². The molecule has 0 bridgehead atoms. The van der Waals surface area contributed by atoms with E-state index >= 15 is 4.39 Å². The predicted octanol–water partition coefficient (Wildman–Crippen LogP) is 4.57. The molecule has 3 aromatic rings. The number of fused-ring (bicyclic) bond motifs is 1. The molecule has 0 aliphatic carbocycles. The van der Waals surface area contributed by atoms with Crippen molar-refractivity contribution in [1.29, 1.82) is 0 Å². The number of pyridine rings is 1. The Labute approximate surface area is 223 Å². The molecule has 198 valence electrons. The second-order valence-corrected chi connectivity index (χ2v) is 10.5. The van der Waals surface area contributed by atoms with Gasteiger partial charge in [0.05, 0.1) is 5.69 Å². The number of hydrogen-bond acceptors (Lipinski definition) is 5. The lowest BCUT2D eigenvalue weighted by atomic mass is 10.0. The van der Waals surface area contributed by atoms with Crippen LogP contribution in [0.4, 0.5) is 21.6 Å². The van der Waals surface area contributed by atoms with Gasteiger partial charge in [-0.2, -0.15) is 0 Å². The number of rotatable bonds is 4. The van der Waals surface area contributed by atoms with Crippen LogP contribution in [-0.2, 0) is 11.2 Å². The zero-order chi connectivity index (χ0) is 27.1. The Morgan fingerprint density at radius 2 is 1.71 bits per heavy atom. The molecule has 1 fully saturated rings. The lowest BCUT2D eigenvalue weighted by Gasteiger charge is -2.38. The van der Waals surface area contributed by atoms with Gasteiger partial charge in [-0.1, -0.05) is 12.1 Å². The van der Waals surface area contributed by atoms with E-state index < -0.39 is 0 Å². The quantitative estimate of drug-likeness (QED) is 0.552. The fraction of sp³-hybridized carbons (Fsp3) is 0.367. The van der Waals surface area contributed by atoms with Crippen LogP contribution in [0.2, 0.25) is 0 Å². The molecule has 1 saturated heterocycles. The minimum absolute atomic E-state index is 0.0806. The average molecular weight is 516 g/mol. The summed E-state index contributed by atoms with van der Waals surface area (Å²) in [6.45, 7) is 9.58. The van der Waals surface area contributed by atoms with Crippen LogP contribution in [0.1, 0.15) is 42.4 Å². The van der Waals surface area contributed by atoms with Crippen LogP contribution in [0.15, 0.2) is 48.5 Å². The summed E-state index contributed by atoms with van der Waals surface area (Å²) in [6.07, 6.45) is 0.636. The van der Waals surface area contributed by atoms with Gasteiger partial charge >= 0.3 is 0 Å². The van der Waals surface area contributed by atoms with Crippen molar-refractivity contribution >= 4 is 29.0 Å². The van der Waals surface area contributed by atoms with Crippen molar-refractivity contribution in [2.75, 3.05) is 41.4 Å². The largest absolute Gasteiger partial charge is 0.366 e. The number of halogens is 1. The molecule has 2 aromatic carbocycles. The van der Waals surface area contributed by atoms with Gasteiger partial charge < -0.3 is 20.0 Å². The zero-order valence-electron chi connectivity index (χ0n) is 22.6. The first kappa shape index (κ1) is 25.9. The molecular formula is C30H34FN5O2. The van der Waals surface area contributed by atoms with Gasteiger partial charge in [-0.3, -0.25) is 9.59 Å². The van der Waals surface area contributed by atoms with E-state index in [1.807, 2.05) is 49.4 Å². The van der Waals surface area contributed by atoms with Crippen molar-refractivity contribution in [3.05, 3.63) is 71.2 Å². The molecule has 0 radical (unpaired) electrons. The van der Waals surface area contributed by atoms with E-state index in [9.17, 15) is 9.59 Å². The van der Waals surface area contributed by atoms with Crippen molar-refractivity contribution in [1.82, 2.24) is 10.3 Å². The first-order valence-corrected chi connectivity index (χ1v) is 13.1. The zero-order valence-corrected chi connectivity index (χ0v) is 22.6. The monoisotopic (exact) mass is 515 g/mol. The molecule has 8 heteroatoms. The summed E-state index contributed by atoms with van der Waals surface area (Å²) in [5.74, 6) is 0.193. The van der Waals surface area contributed by atoms with Crippen LogP contribution in [0, 0.1) is 12.7 Å². The van der Waals surface area contributed by atoms with E-state index in [4.69, 9.17) is 0 Å². The van der Waals surface area contributed by atoms with Gasteiger partial charge in [-0.25, -0.2) is 9.37 Å². The molecule has 2 atom stereocenters. The highest BCUT2D eigenvalue weighted by atomic mass is 19.1. The summed E-state index contributed by atoms with van der Waals surface area (Å²) in [4.78, 5) is 35.1. The van der Waals surface area contributed by atoms with Crippen molar-refractivity contribution < 1.29 is 14.0 Å². The lowest BCUT2D eigenvalue weighted by Crippen LogP contribution is -2.54. The van der Waals surface area contributed by atoms with Crippen LogP contribution in [0.3, 0.4) is 0 Å². The molecule has 38 heavy (non-hydrogen) atoms. The third-order valence-corrected chi connectivity index (χ3v) is 7.52. The molecule has 2 amide bonds. The average Bonchev–Trinajstić information content (AvgIpc) is 3.29. The van der Waals surface area contributed by atoms with E-state index in [2.05, 4.69) is 29.0 Å². The molecule has 0 saturated carbocycles. The molecule has 1 N–H and O–H groups in total. The number of nitrogens with zero attached hydrogens (tertiary/aromatic N) is 4. The van der Waals surface area contributed by atoms with Gasteiger partial charge in [0.25, 0.3) is 5.91 Å². The second-order valence-electron chi connectivity index (χ2n) is 10.5. The molecule has 2 aliphatic heterocycles. The number of carbonyl (C=O) groups is 2. The van der Waals surface area contributed by atoms with Gasteiger partial charge in [-0.05, 0) is 74.7 Å². The van der Waals surface area contributed by atoms with Crippen molar-refractivity contribution in [2.24, 2.45) is 0 Å². The Kier molecular flexibility index (Phi) is 6.92. The van der Waals surface area contributed by atoms with Crippen LogP contribution in [0.5, 0.6) is 0 Å². The van der Waals surface area contributed by atoms with Crippen LogP contribution in [0.25, 0.3) is 11.1 Å². The second kappa shape index (κ2) is 10.2. The number of amides is 2. The van der Waals surface area contributed by atoms with E-state index in [1.165, 1.54) is 11.8 Å². The standard InChI is InChI=1S/C30H34FN5O2/c1-18-16-35(17-19(2)32-18)28-15-27-24(14-26(28)31)12-13-36(27)30(38)23-8-6-22(7-9-23)25-10-11-29(33-20(25)3)34(5)21(4)37/h6-11,14-15,18-19,32H,12-13,16-17H2,1-5H3/t18-,19+. The van der Waals surface area contributed by atoms with Gasteiger partial charge in [0.15, 0.2) is 0 Å². The molecule has 0 spiro atoms. The van der Waals surface area contributed by atoms with Gasteiger partial charge in [0.1, 0.15) is 11.6 Å². The molecule has 5 rings (SSSR count). The lowest BCUT2D eigenvalue weighted by molar-refractivity contribution is -0.116. The number of aryl methyl sites for hydroxylation is 1. The molecule has 0 unspecified atom stereocenters. The summed E-state index contributed by atoms with van der Waals surface area (Å²) >= 11 is 0. The number of benzene rings is 2. The maximum atomic E-state index is 15.1. The molecular weight excluding hydrogens is 481 g/mol. The summed E-state index contributed by atoms with van der Waals surface area (Å²) < 4.78 is 15.1. The van der Waals surface area contributed by atoms with E-state index in [0.29, 0.717) is 30.0 Å². The molecule has 7 nitrogen and oxygen atoms in total. The minimum atomic E-state index is -0.229. The third-order valence-electron chi connectivity index (χ3n) is 7.52. The molecule has 3 heterocycles. The number of carbonyl (C=O) groups excluding carboxylic acids is 2. The maximum Gasteiger partial charge on any atom is 0.258 e. The molecule has 1 aromatic heterocycles. The number of nitrogens with one attached hydrogen (secondary N) is 1. The van der Waals surface area contributed by atoms with Crippen molar-refractivity contribution in [2.45, 2.75) is 46.2 Å². The number of hydrogen-bond donors (Lipinski definition) is 1. The first-order chi connectivity index (χ1) is 18.1. The first-order valence-electron chi connectivity index (χ1n) is 13.1. The SMILES string of the molecule is CC(=O)N(C)c1ccc(-c2ccc(C(=O)N3CCc4cc(F)c(N5C[C@@H](C)N[C@@H](C)C5)cc43)cc2)c(C)n1. The fourth-order valence-corrected chi connectivity index (χ4v) is 5.52. The summed E-state index contributed by atoms with van der Waals surface area (Å²) in [5.41, 5.74) is 5.47. The fourth-order valence-electron chi connectivity index (χ4n) is 5.52. The van der Waals surface area contributed by atoms with Gasteiger partial charge in [0, 0.05) is 68.2 Å². The number of piperazine rings is 1. The Morgan fingerprint density at radius 3 is 2.34 bits per heavy atom. The normalized spacial score (nSPS) is 18.9. The Hall–Kier alpha value is -3.78. The summed E-state index contributed by atoms with van der Waals surface area (Å²) in [6, 6.07) is 15.2. The topological polar surface area (TPSA) is 68.8 Å². The highest BCUT2D eigenvalue weighted by Crippen LogP contribution is 2.36. The maximum absolute atomic E-state index is 15.1. The van der Waals surface area contributed by atoms with Crippen LogP contribution in [-0.4, -0.2) is 55.6 Å². The Bertz CT molecular complexity index is 1380. The highest BCUT2D eigenvalue weighted by Gasteiger charge is 2.30. The van der Waals surface area contributed by atoms with Gasteiger partial charge in [-0.15, -0.1) is 0 Å². The smallest absolute Gasteiger partial charge is 0.258 e. The third kappa shape index (κ3) is 4.88. The highest BCUT2D eigenvalue weighted by molar-refractivity contribution is 6.07. The number of aromatic nitrogens is 1. The van der Waals surface area contributed by atoms with Crippen molar-refractivity contribution in [3.63, 3.8) is 0 Å². The Balaban J connectivity index is 1.38. The van der Waals surface area contributed by atoms with Crippen LogP contribution < -0.4 is 20.0 Å². The van der Waals surface area contributed by atoms with E-state index in [0.717, 1.165) is 41.2 Å². The molecule has 2 aliphatic rings. The predicted molar refractivity (Wildman–Crippen MR) is 150 cm³/mol. The van der Waals surface area contributed by atoms with Crippen LogP contribution >= 0.6 is 0 Å². The Morgan fingerprint density at radius 1 is 1.03 bits per heavy atom. The van der Waals surface area contributed by atoms with Crippen molar-refractivity contribution in [3.8, 4) is 11.1 Å². The summed E-state index contributed by atoms with van der Waals surface area (Å²) in [7, 11) is 1.70. The minimum Gasteiger partial charge on any atom is -0.366 e.